The maximum Gasteiger partial charge on any atom is 0.237 e. The first kappa shape index (κ1) is 21.0. The van der Waals surface area contributed by atoms with Crippen molar-refractivity contribution in [1.82, 2.24) is 14.7 Å². The number of hydrogen-bond donors (Lipinski definition) is 0. The molecule has 0 radical (unpaired) electrons. The van der Waals surface area contributed by atoms with Gasteiger partial charge in [0.2, 0.25) is 5.91 Å². The molecule has 1 aromatic carbocycles. The highest BCUT2D eigenvalue weighted by Crippen LogP contribution is 2.15. The molecule has 0 saturated carbocycles. The Kier molecular flexibility index (Phi) is 8.19. The Bertz CT molecular complexity index is 547. The van der Waals surface area contributed by atoms with Gasteiger partial charge in [-0.2, -0.15) is 0 Å². The number of ether oxygens (including phenoxy) is 1. The van der Waals surface area contributed by atoms with Crippen molar-refractivity contribution in [3.63, 3.8) is 0 Å². The molecule has 1 saturated heterocycles. The van der Waals surface area contributed by atoms with E-state index in [9.17, 15) is 4.79 Å². The van der Waals surface area contributed by atoms with Crippen LogP contribution in [0.2, 0.25) is 5.02 Å². The van der Waals surface area contributed by atoms with E-state index in [1.807, 2.05) is 29.2 Å². The highest BCUT2D eigenvalue weighted by atomic mass is 35.5. The first-order valence-electron chi connectivity index (χ1n) is 9.51. The monoisotopic (exact) mass is 381 g/mol. The lowest BCUT2D eigenvalue weighted by Gasteiger charge is -2.37. The normalized spacial score (nSPS) is 16.3. The van der Waals surface area contributed by atoms with E-state index >= 15 is 0 Å². The van der Waals surface area contributed by atoms with Crippen LogP contribution in [0.25, 0.3) is 0 Å². The molecule has 2 rings (SSSR count). The van der Waals surface area contributed by atoms with Crippen molar-refractivity contribution in [3.8, 4) is 5.75 Å². The summed E-state index contributed by atoms with van der Waals surface area (Å²) < 4.78 is 5.76. The molecule has 146 valence electrons. The summed E-state index contributed by atoms with van der Waals surface area (Å²) in [4.78, 5) is 19.2. The van der Waals surface area contributed by atoms with Gasteiger partial charge < -0.3 is 9.64 Å². The number of rotatable bonds is 8. The van der Waals surface area contributed by atoms with Gasteiger partial charge >= 0.3 is 0 Å². The number of carbonyl (C=O) groups excluding carboxylic acids is 1. The Hall–Kier alpha value is -1.30. The molecule has 1 heterocycles. The average Bonchev–Trinajstić information content (AvgIpc) is 2.57. The van der Waals surface area contributed by atoms with Gasteiger partial charge in [-0.3, -0.25) is 14.6 Å². The Morgan fingerprint density at radius 1 is 1.04 bits per heavy atom. The Morgan fingerprint density at radius 2 is 1.58 bits per heavy atom. The molecule has 0 N–H and O–H groups in total. The van der Waals surface area contributed by atoms with Crippen molar-refractivity contribution in [3.05, 3.63) is 29.3 Å². The maximum absolute atomic E-state index is 12.6. The molecule has 0 aliphatic carbocycles. The van der Waals surface area contributed by atoms with Gasteiger partial charge in [0.1, 0.15) is 12.4 Å². The summed E-state index contributed by atoms with van der Waals surface area (Å²) in [6.07, 6.45) is 0. The van der Waals surface area contributed by atoms with Gasteiger partial charge in [-0.05, 0) is 52.0 Å². The summed E-state index contributed by atoms with van der Waals surface area (Å²) in [6, 6.07) is 7.94. The molecule has 5 nitrogen and oxygen atoms in total. The lowest BCUT2D eigenvalue weighted by atomic mass is 10.2. The third-order valence-electron chi connectivity index (χ3n) is 4.71. The molecule has 1 aliphatic heterocycles. The van der Waals surface area contributed by atoms with Crippen LogP contribution in [0.1, 0.15) is 27.7 Å². The smallest absolute Gasteiger partial charge is 0.237 e. The van der Waals surface area contributed by atoms with Crippen LogP contribution in [-0.4, -0.2) is 78.6 Å². The van der Waals surface area contributed by atoms with Crippen LogP contribution in [0.4, 0.5) is 0 Å². The van der Waals surface area contributed by atoms with Crippen LogP contribution < -0.4 is 4.74 Å². The molecular weight excluding hydrogens is 350 g/mol. The second-order valence-electron chi connectivity index (χ2n) is 7.41. The molecule has 0 bridgehead atoms. The SMILES string of the molecule is CC(C)N(C(=O)CN1CCN(CCOc2ccc(Cl)cc2)CC1)C(C)C. The van der Waals surface area contributed by atoms with Gasteiger partial charge in [-0.25, -0.2) is 0 Å². The largest absolute Gasteiger partial charge is 0.492 e. The lowest BCUT2D eigenvalue weighted by molar-refractivity contribution is -0.136. The minimum absolute atomic E-state index is 0.231. The van der Waals surface area contributed by atoms with E-state index in [0.29, 0.717) is 13.2 Å². The molecule has 1 fully saturated rings. The van der Waals surface area contributed by atoms with E-state index in [-0.39, 0.29) is 18.0 Å². The molecule has 1 amide bonds. The fourth-order valence-electron chi connectivity index (χ4n) is 3.44. The fourth-order valence-corrected chi connectivity index (χ4v) is 3.57. The summed E-state index contributed by atoms with van der Waals surface area (Å²) in [5.74, 6) is 1.08. The van der Waals surface area contributed by atoms with E-state index in [2.05, 4.69) is 37.5 Å². The van der Waals surface area contributed by atoms with Gasteiger partial charge in [-0.15, -0.1) is 0 Å². The van der Waals surface area contributed by atoms with E-state index in [1.165, 1.54) is 0 Å². The zero-order valence-electron chi connectivity index (χ0n) is 16.4. The second-order valence-corrected chi connectivity index (χ2v) is 7.85. The number of nitrogens with zero attached hydrogens (tertiary/aromatic N) is 3. The Morgan fingerprint density at radius 3 is 2.12 bits per heavy atom. The fraction of sp³-hybridized carbons (Fsp3) is 0.650. The first-order valence-corrected chi connectivity index (χ1v) is 9.89. The Labute approximate surface area is 162 Å². The van der Waals surface area contributed by atoms with Crippen molar-refractivity contribution in [2.75, 3.05) is 45.9 Å². The lowest BCUT2D eigenvalue weighted by Crippen LogP contribution is -2.52. The minimum atomic E-state index is 0.231. The third kappa shape index (κ3) is 6.45. The number of amides is 1. The molecule has 26 heavy (non-hydrogen) atoms. The summed E-state index contributed by atoms with van der Waals surface area (Å²) in [5, 5.41) is 0.719. The van der Waals surface area contributed by atoms with Crippen molar-refractivity contribution >= 4 is 17.5 Å². The van der Waals surface area contributed by atoms with Crippen LogP contribution in [0, 0.1) is 0 Å². The number of carbonyl (C=O) groups is 1. The predicted octanol–water partition coefficient (Wildman–Crippen LogP) is 2.98. The summed E-state index contributed by atoms with van der Waals surface area (Å²) >= 11 is 5.88. The second kappa shape index (κ2) is 10.1. The molecule has 1 aliphatic rings. The summed E-state index contributed by atoms with van der Waals surface area (Å²) in [5.41, 5.74) is 0. The summed E-state index contributed by atoms with van der Waals surface area (Å²) in [7, 11) is 0. The van der Waals surface area contributed by atoms with Crippen molar-refractivity contribution in [2.45, 2.75) is 39.8 Å². The zero-order valence-corrected chi connectivity index (χ0v) is 17.2. The topological polar surface area (TPSA) is 36.0 Å². The van der Waals surface area contributed by atoms with E-state index in [0.717, 1.165) is 43.5 Å². The number of benzene rings is 1. The zero-order chi connectivity index (χ0) is 19.1. The van der Waals surface area contributed by atoms with Gasteiger partial charge in [0.05, 0.1) is 6.54 Å². The van der Waals surface area contributed by atoms with Gasteiger partial charge in [0, 0.05) is 49.8 Å². The molecule has 0 aromatic heterocycles. The van der Waals surface area contributed by atoms with Crippen molar-refractivity contribution < 1.29 is 9.53 Å². The number of hydrogen-bond acceptors (Lipinski definition) is 4. The van der Waals surface area contributed by atoms with E-state index < -0.39 is 0 Å². The molecule has 0 spiro atoms. The highest BCUT2D eigenvalue weighted by Gasteiger charge is 2.24. The number of piperazine rings is 1. The van der Waals surface area contributed by atoms with E-state index in [4.69, 9.17) is 16.3 Å². The van der Waals surface area contributed by atoms with Gasteiger partial charge in [0.15, 0.2) is 0 Å². The molecule has 6 heteroatoms. The Balaban J connectivity index is 1.68. The maximum atomic E-state index is 12.6. The van der Waals surface area contributed by atoms with Crippen LogP contribution in [0.3, 0.4) is 0 Å². The summed E-state index contributed by atoms with van der Waals surface area (Å²) in [6.45, 7) is 14.2. The highest BCUT2D eigenvalue weighted by molar-refractivity contribution is 6.30. The molecule has 0 atom stereocenters. The van der Waals surface area contributed by atoms with Crippen molar-refractivity contribution in [1.29, 1.82) is 0 Å². The molecular formula is C20H32ClN3O2. The molecule has 0 unspecified atom stereocenters. The van der Waals surface area contributed by atoms with Crippen LogP contribution >= 0.6 is 11.6 Å². The van der Waals surface area contributed by atoms with Gasteiger partial charge in [-0.1, -0.05) is 11.6 Å². The molecule has 1 aromatic rings. The minimum Gasteiger partial charge on any atom is -0.492 e. The first-order chi connectivity index (χ1) is 12.4. The van der Waals surface area contributed by atoms with Gasteiger partial charge in [0.25, 0.3) is 0 Å². The van der Waals surface area contributed by atoms with E-state index in [1.54, 1.807) is 0 Å². The van der Waals surface area contributed by atoms with Crippen LogP contribution in [0.15, 0.2) is 24.3 Å². The number of halogens is 1. The predicted molar refractivity (Wildman–Crippen MR) is 107 cm³/mol. The average molecular weight is 382 g/mol. The van der Waals surface area contributed by atoms with Crippen LogP contribution in [0.5, 0.6) is 5.75 Å². The third-order valence-corrected chi connectivity index (χ3v) is 4.97. The quantitative estimate of drug-likeness (QED) is 0.693. The standard InChI is InChI=1S/C20H32ClN3O2/c1-16(2)24(17(3)4)20(25)15-23-11-9-22(10-12-23)13-14-26-19-7-5-18(21)6-8-19/h5-8,16-17H,9-15H2,1-4H3. The van der Waals surface area contributed by atoms with Crippen molar-refractivity contribution in [2.24, 2.45) is 0 Å². The van der Waals surface area contributed by atoms with Crippen LogP contribution in [-0.2, 0) is 4.79 Å².